The molecule has 2 unspecified atom stereocenters. The summed E-state index contributed by atoms with van der Waals surface area (Å²) in [5.74, 6) is 0.988. The molecule has 0 saturated heterocycles. The minimum Gasteiger partial charge on any atom is -0.0763 e. The van der Waals surface area contributed by atoms with Crippen LogP contribution in [0.5, 0.6) is 0 Å². The Morgan fingerprint density at radius 1 is 0.500 bits per heavy atom. The third-order valence-electron chi connectivity index (χ3n) is 7.70. The van der Waals surface area contributed by atoms with E-state index in [0.717, 1.165) is 0 Å². The van der Waals surface area contributed by atoms with E-state index in [1.54, 1.807) is 0 Å². The number of hydrogen-bond acceptors (Lipinski definition) is 0. The molecule has 6 rings (SSSR count). The fourth-order valence-corrected chi connectivity index (χ4v) is 6.03. The zero-order valence-electron chi connectivity index (χ0n) is 20.0. The van der Waals surface area contributed by atoms with Crippen molar-refractivity contribution in [3.8, 4) is 22.3 Å². The molecule has 4 aromatic carbocycles. The summed E-state index contributed by atoms with van der Waals surface area (Å²) in [5, 5.41) is 0. The first-order valence-electron chi connectivity index (χ1n) is 12.4. The predicted molar refractivity (Wildman–Crippen MR) is 146 cm³/mol. The van der Waals surface area contributed by atoms with Crippen molar-refractivity contribution < 1.29 is 0 Å². The summed E-state index contributed by atoms with van der Waals surface area (Å²) in [7, 11) is 0. The van der Waals surface area contributed by atoms with Gasteiger partial charge >= 0.3 is 0 Å². The molecule has 0 saturated carbocycles. The van der Waals surface area contributed by atoms with Crippen LogP contribution >= 0.6 is 0 Å². The Bertz CT molecular complexity index is 1290. The summed E-state index contributed by atoms with van der Waals surface area (Å²) in [6.07, 6.45) is 12.0. The maximum Gasteiger partial charge on any atom is 0.00304 e. The first-order chi connectivity index (χ1) is 16.7. The summed E-state index contributed by atoms with van der Waals surface area (Å²) in [6.45, 7) is 4.54. The Morgan fingerprint density at radius 2 is 0.912 bits per heavy atom. The van der Waals surface area contributed by atoms with E-state index < -0.39 is 0 Å². The van der Waals surface area contributed by atoms with Crippen molar-refractivity contribution in [1.82, 2.24) is 0 Å². The molecule has 2 aliphatic carbocycles. The molecule has 0 nitrogen and oxygen atoms in total. The van der Waals surface area contributed by atoms with Gasteiger partial charge in [0, 0.05) is 11.8 Å². The molecule has 0 heterocycles. The fraction of sp³-hybridized carbons (Fsp3) is 0.176. The van der Waals surface area contributed by atoms with Crippen molar-refractivity contribution in [1.29, 1.82) is 0 Å². The van der Waals surface area contributed by atoms with E-state index in [0.29, 0.717) is 11.8 Å². The molecule has 2 aliphatic rings. The van der Waals surface area contributed by atoms with E-state index in [2.05, 4.69) is 123 Å². The summed E-state index contributed by atoms with van der Waals surface area (Å²) in [5.41, 5.74) is 14.0. The Balaban J connectivity index is 1.27. The second-order valence-corrected chi connectivity index (χ2v) is 9.76. The molecule has 0 aliphatic heterocycles. The van der Waals surface area contributed by atoms with Gasteiger partial charge in [0.2, 0.25) is 0 Å². The van der Waals surface area contributed by atoms with Gasteiger partial charge in [-0.2, -0.15) is 0 Å². The second kappa shape index (κ2) is 8.61. The smallest absolute Gasteiger partial charge is 0.00304 e. The molecule has 2 atom stereocenters. The molecular formula is C34H30. The lowest BCUT2D eigenvalue weighted by Gasteiger charge is -2.20. The van der Waals surface area contributed by atoms with Gasteiger partial charge in [-0.25, -0.2) is 0 Å². The van der Waals surface area contributed by atoms with Gasteiger partial charge in [-0.3, -0.25) is 0 Å². The van der Waals surface area contributed by atoms with Gasteiger partial charge in [0.1, 0.15) is 0 Å². The molecule has 0 bridgehead atoms. The highest BCUT2D eigenvalue weighted by Gasteiger charge is 2.26. The van der Waals surface area contributed by atoms with Crippen LogP contribution in [0.4, 0.5) is 0 Å². The maximum absolute atomic E-state index is 2.44. The summed E-state index contributed by atoms with van der Waals surface area (Å²) >= 11 is 0. The minimum atomic E-state index is 0.494. The van der Waals surface area contributed by atoms with Crippen molar-refractivity contribution in [2.24, 2.45) is 0 Å². The van der Waals surface area contributed by atoms with E-state index in [1.165, 1.54) is 68.5 Å². The first kappa shape index (κ1) is 20.9. The van der Waals surface area contributed by atoms with Crippen LogP contribution in [0, 0.1) is 13.8 Å². The lowest BCUT2D eigenvalue weighted by atomic mass is 9.84. The summed E-state index contributed by atoms with van der Waals surface area (Å²) < 4.78 is 0. The van der Waals surface area contributed by atoms with Crippen LogP contribution in [-0.4, -0.2) is 0 Å². The average molecular weight is 439 g/mol. The molecule has 0 heteroatoms. The van der Waals surface area contributed by atoms with Gasteiger partial charge < -0.3 is 0 Å². The Kier molecular flexibility index (Phi) is 5.30. The molecule has 0 amide bonds. The quantitative estimate of drug-likeness (QED) is 0.291. The Labute approximate surface area is 203 Å². The number of benzene rings is 4. The van der Waals surface area contributed by atoms with Crippen LogP contribution in [0.3, 0.4) is 0 Å². The number of fused-ring (bicyclic) bond motifs is 2. The number of rotatable bonds is 5. The normalized spacial score (nSPS) is 17.7. The highest BCUT2D eigenvalue weighted by atomic mass is 14.3. The number of allylic oxidation sites excluding steroid dienone is 2. The molecule has 0 aromatic heterocycles. The van der Waals surface area contributed by atoms with Gasteiger partial charge in [-0.1, -0.05) is 109 Å². The molecule has 0 radical (unpaired) electrons. The minimum absolute atomic E-state index is 0.494. The van der Waals surface area contributed by atoms with Crippen LogP contribution in [0.15, 0.2) is 97.1 Å². The Morgan fingerprint density at radius 3 is 1.32 bits per heavy atom. The zero-order valence-corrected chi connectivity index (χ0v) is 20.0. The van der Waals surface area contributed by atoms with Gasteiger partial charge in [0.25, 0.3) is 0 Å². The van der Waals surface area contributed by atoms with E-state index in [9.17, 15) is 0 Å². The van der Waals surface area contributed by atoms with Crippen molar-refractivity contribution in [2.45, 2.75) is 38.5 Å². The summed E-state index contributed by atoms with van der Waals surface area (Å²) in [4.78, 5) is 0. The molecule has 0 fully saturated rings. The molecule has 4 aromatic rings. The average Bonchev–Trinajstić information content (AvgIpc) is 3.50. The third kappa shape index (κ3) is 3.55. The van der Waals surface area contributed by atoms with Crippen LogP contribution in [-0.2, 0) is 0 Å². The van der Waals surface area contributed by atoms with Crippen LogP contribution in [0.2, 0.25) is 0 Å². The lowest BCUT2D eigenvalue weighted by Crippen LogP contribution is -2.03. The van der Waals surface area contributed by atoms with Crippen LogP contribution in [0.25, 0.3) is 34.4 Å². The first-order valence-corrected chi connectivity index (χ1v) is 12.4. The van der Waals surface area contributed by atoms with Crippen molar-refractivity contribution >= 4 is 12.2 Å². The highest BCUT2D eigenvalue weighted by Crippen LogP contribution is 2.45. The summed E-state index contributed by atoms with van der Waals surface area (Å²) in [6, 6.07) is 30.8. The SMILES string of the molecule is Cc1ccc(-c2ccccc2)c2c1C(CCC1C=Cc3c(-c4ccccc4)ccc(C)c31)C=C2. The largest absolute Gasteiger partial charge is 0.0763 e. The highest BCUT2D eigenvalue weighted by molar-refractivity contribution is 5.82. The molecule has 0 N–H and O–H groups in total. The molecule has 166 valence electrons. The van der Waals surface area contributed by atoms with E-state index in [1.807, 2.05) is 0 Å². The van der Waals surface area contributed by atoms with E-state index in [-0.39, 0.29) is 0 Å². The van der Waals surface area contributed by atoms with Gasteiger partial charge in [-0.15, -0.1) is 0 Å². The van der Waals surface area contributed by atoms with E-state index >= 15 is 0 Å². The third-order valence-corrected chi connectivity index (χ3v) is 7.70. The van der Waals surface area contributed by atoms with Crippen LogP contribution < -0.4 is 0 Å². The van der Waals surface area contributed by atoms with Gasteiger partial charge in [0.15, 0.2) is 0 Å². The lowest BCUT2D eigenvalue weighted by molar-refractivity contribution is 0.639. The Hall–Kier alpha value is -3.64. The van der Waals surface area contributed by atoms with Gasteiger partial charge in [0.05, 0.1) is 0 Å². The van der Waals surface area contributed by atoms with Gasteiger partial charge in [-0.05, 0) is 82.3 Å². The zero-order chi connectivity index (χ0) is 23.1. The fourth-order valence-electron chi connectivity index (χ4n) is 6.03. The molecule has 0 spiro atoms. The maximum atomic E-state index is 2.44. The second-order valence-electron chi connectivity index (χ2n) is 9.76. The van der Waals surface area contributed by atoms with Crippen molar-refractivity contribution in [3.05, 3.63) is 130 Å². The standard InChI is InChI=1S/C34H30/c1-23-13-19-29(25-9-5-3-6-10-25)31-21-17-27(33(23)31)15-16-28-18-22-32-30(20-14-24(2)34(28)32)26-11-7-4-8-12-26/h3-14,17-22,27-28H,15-16H2,1-2H3. The number of aryl methyl sites for hydroxylation is 2. The topological polar surface area (TPSA) is 0 Å². The van der Waals surface area contributed by atoms with Crippen LogP contribution in [0.1, 0.15) is 58.1 Å². The van der Waals surface area contributed by atoms with Crippen molar-refractivity contribution in [3.63, 3.8) is 0 Å². The predicted octanol–water partition coefficient (Wildman–Crippen LogP) is 9.34. The molecular weight excluding hydrogens is 408 g/mol. The molecule has 34 heavy (non-hydrogen) atoms. The number of hydrogen-bond donors (Lipinski definition) is 0. The van der Waals surface area contributed by atoms with E-state index in [4.69, 9.17) is 0 Å². The van der Waals surface area contributed by atoms with Crippen molar-refractivity contribution in [2.75, 3.05) is 0 Å². The monoisotopic (exact) mass is 438 g/mol.